The molecule has 4 nitrogen and oxygen atoms in total. The fourth-order valence-corrected chi connectivity index (χ4v) is 2.99. The lowest BCUT2D eigenvalue weighted by molar-refractivity contribution is -0.117. The predicted octanol–water partition coefficient (Wildman–Crippen LogP) is 2.19. The Bertz CT molecular complexity index is 475. The molecular weight excluding hydrogens is 274 g/mol. The van der Waals surface area contributed by atoms with Crippen LogP contribution in [0.3, 0.4) is 0 Å². The first kappa shape index (κ1) is 15.3. The van der Waals surface area contributed by atoms with Gasteiger partial charge in [-0.25, -0.2) is 0 Å². The normalized spacial score (nSPS) is 18.6. The van der Waals surface area contributed by atoms with E-state index in [4.69, 9.17) is 11.6 Å². The van der Waals surface area contributed by atoms with E-state index >= 15 is 0 Å². The predicted molar refractivity (Wildman–Crippen MR) is 83.5 cm³/mol. The monoisotopic (exact) mass is 295 g/mol. The van der Waals surface area contributed by atoms with Crippen LogP contribution in [-0.2, 0) is 4.79 Å². The van der Waals surface area contributed by atoms with Crippen LogP contribution in [0.2, 0.25) is 5.02 Å². The molecule has 1 aliphatic rings. The van der Waals surface area contributed by atoms with Gasteiger partial charge in [-0.15, -0.1) is 0 Å². The van der Waals surface area contributed by atoms with Crippen LogP contribution in [-0.4, -0.2) is 43.5 Å². The summed E-state index contributed by atoms with van der Waals surface area (Å²) in [4.78, 5) is 14.2. The van der Waals surface area contributed by atoms with Crippen LogP contribution < -0.4 is 10.6 Å². The van der Waals surface area contributed by atoms with E-state index in [9.17, 15) is 4.79 Å². The number of carbonyl (C=O) groups excluding carboxylic acids is 1. The van der Waals surface area contributed by atoms with Crippen molar-refractivity contribution in [2.24, 2.45) is 0 Å². The molecule has 0 radical (unpaired) electrons. The highest BCUT2D eigenvalue weighted by Crippen LogP contribution is 2.27. The lowest BCUT2D eigenvalue weighted by Crippen LogP contribution is -2.39. The number of benzene rings is 1. The molecule has 1 saturated heterocycles. The molecule has 0 aliphatic carbocycles. The molecule has 20 heavy (non-hydrogen) atoms. The standard InChI is InChI=1S/C15H22ClN3O/c1-10-6-11(2)15(13(16)7-10)18-14(20)9-19(3)12-4-5-17-8-12/h6-7,12,17H,4-5,8-9H2,1-3H3,(H,18,20). The summed E-state index contributed by atoms with van der Waals surface area (Å²) >= 11 is 6.20. The quantitative estimate of drug-likeness (QED) is 0.895. The summed E-state index contributed by atoms with van der Waals surface area (Å²) in [5.41, 5.74) is 2.81. The molecule has 0 aromatic heterocycles. The van der Waals surface area contributed by atoms with Gasteiger partial charge in [-0.2, -0.15) is 0 Å². The second-order valence-electron chi connectivity index (χ2n) is 5.55. The number of hydrogen-bond donors (Lipinski definition) is 2. The van der Waals surface area contributed by atoms with Gasteiger partial charge < -0.3 is 10.6 Å². The SMILES string of the molecule is Cc1cc(C)c(NC(=O)CN(C)C2CCNC2)c(Cl)c1. The van der Waals surface area contributed by atoms with Crippen LogP contribution in [0, 0.1) is 13.8 Å². The average molecular weight is 296 g/mol. The summed E-state index contributed by atoms with van der Waals surface area (Å²) in [5.74, 6) is -0.0201. The maximum absolute atomic E-state index is 12.1. The van der Waals surface area contributed by atoms with Gasteiger partial charge in [0.2, 0.25) is 5.91 Å². The molecule has 1 unspecified atom stereocenters. The number of nitrogens with one attached hydrogen (secondary N) is 2. The number of aryl methyl sites for hydroxylation is 2. The molecule has 1 heterocycles. The number of anilines is 1. The Morgan fingerprint density at radius 1 is 1.50 bits per heavy atom. The largest absolute Gasteiger partial charge is 0.323 e. The highest BCUT2D eigenvalue weighted by atomic mass is 35.5. The fourth-order valence-electron chi connectivity index (χ4n) is 2.62. The third kappa shape index (κ3) is 3.72. The molecule has 2 N–H and O–H groups in total. The molecule has 1 amide bonds. The minimum Gasteiger partial charge on any atom is -0.323 e. The van der Waals surface area contributed by atoms with Gasteiger partial charge in [0.05, 0.1) is 17.3 Å². The summed E-state index contributed by atoms with van der Waals surface area (Å²) in [7, 11) is 1.99. The molecule has 1 atom stereocenters. The molecule has 110 valence electrons. The van der Waals surface area contributed by atoms with Crippen molar-refractivity contribution in [2.45, 2.75) is 26.3 Å². The number of hydrogen-bond acceptors (Lipinski definition) is 3. The minimum atomic E-state index is -0.0201. The smallest absolute Gasteiger partial charge is 0.238 e. The van der Waals surface area contributed by atoms with Crippen LogP contribution in [0.1, 0.15) is 17.5 Å². The van der Waals surface area contributed by atoms with Gasteiger partial charge in [0.25, 0.3) is 0 Å². The zero-order valence-corrected chi connectivity index (χ0v) is 13.0. The third-order valence-corrected chi connectivity index (χ3v) is 4.04. The number of likely N-dealkylation sites (N-methyl/N-ethyl adjacent to an activating group) is 1. The van der Waals surface area contributed by atoms with E-state index in [1.807, 2.05) is 33.0 Å². The van der Waals surface area contributed by atoms with Gasteiger partial charge >= 0.3 is 0 Å². The second kappa shape index (κ2) is 6.57. The van der Waals surface area contributed by atoms with Crippen molar-refractivity contribution in [3.05, 3.63) is 28.3 Å². The molecule has 1 aliphatic heterocycles. The molecule has 1 fully saturated rings. The summed E-state index contributed by atoms with van der Waals surface area (Å²) in [6, 6.07) is 4.33. The zero-order chi connectivity index (χ0) is 14.7. The molecule has 2 rings (SSSR count). The van der Waals surface area contributed by atoms with Gasteiger partial charge in [0, 0.05) is 12.6 Å². The Kier molecular flexibility index (Phi) is 5.02. The van der Waals surface area contributed by atoms with Crippen LogP contribution in [0.15, 0.2) is 12.1 Å². The lowest BCUT2D eigenvalue weighted by atomic mass is 10.1. The van der Waals surface area contributed by atoms with Gasteiger partial charge in [-0.3, -0.25) is 9.69 Å². The van der Waals surface area contributed by atoms with Crippen LogP contribution in [0.25, 0.3) is 0 Å². The van der Waals surface area contributed by atoms with Gasteiger partial charge in [-0.1, -0.05) is 17.7 Å². The van der Waals surface area contributed by atoms with Crippen LogP contribution >= 0.6 is 11.6 Å². The molecule has 1 aromatic rings. The van der Waals surface area contributed by atoms with Crippen LogP contribution in [0.4, 0.5) is 5.69 Å². The van der Waals surface area contributed by atoms with Crippen molar-refractivity contribution in [2.75, 3.05) is 32.0 Å². The van der Waals surface area contributed by atoms with E-state index in [1.165, 1.54) is 0 Å². The molecule has 0 spiro atoms. The van der Waals surface area contributed by atoms with Gasteiger partial charge in [0.15, 0.2) is 0 Å². The molecule has 1 aromatic carbocycles. The average Bonchev–Trinajstić information content (AvgIpc) is 2.87. The second-order valence-corrected chi connectivity index (χ2v) is 5.96. The Labute approximate surface area is 125 Å². The van der Waals surface area contributed by atoms with E-state index < -0.39 is 0 Å². The highest BCUT2D eigenvalue weighted by Gasteiger charge is 2.21. The molecule has 5 heteroatoms. The minimum absolute atomic E-state index is 0.0201. The summed E-state index contributed by atoms with van der Waals surface area (Å²) < 4.78 is 0. The Morgan fingerprint density at radius 3 is 2.85 bits per heavy atom. The van der Waals surface area contributed by atoms with E-state index in [-0.39, 0.29) is 5.91 Å². The molecule has 0 bridgehead atoms. The maximum Gasteiger partial charge on any atom is 0.238 e. The van der Waals surface area contributed by atoms with Gasteiger partial charge in [0.1, 0.15) is 0 Å². The van der Waals surface area contributed by atoms with Crippen LogP contribution in [0.5, 0.6) is 0 Å². The molecule has 0 saturated carbocycles. The van der Waals surface area contributed by atoms with Crippen molar-refractivity contribution in [3.8, 4) is 0 Å². The Morgan fingerprint density at radius 2 is 2.25 bits per heavy atom. The summed E-state index contributed by atoms with van der Waals surface area (Å²) in [6.07, 6.45) is 1.09. The number of amides is 1. The first-order valence-electron chi connectivity index (χ1n) is 6.95. The summed E-state index contributed by atoms with van der Waals surface area (Å²) in [5, 5.41) is 6.83. The van der Waals surface area contributed by atoms with E-state index in [1.54, 1.807) is 0 Å². The zero-order valence-electron chi connectivity index (χ0n) is 12.3. The van der Waals surface area contributed by atoms with Crippen molar-refractivity contribution in [3.63, 3.8) is 0 Å². The Hall–Kier alpha value is -1.10. The van der Waals surface area contributed by atoms with Crippen molar-refractivity contribution < 1.29 is 4.79 Å². The number of halogens is 1. The highest BCUT2D eigenvalue weighted by molar-refractivity contribution is 6.34. The first-order valence-corrected chi connectivity index (χ1v) is 7.32. The number of carbonyl (C=O) groups is 1. The first-order chi connectivity index (χ1) is 9.47. The van der Waals surface area contributed by atoms with Crippen molar-refractivity contribution >= 4 is 23.2 Å². The fraction of sp³-hybridized carbons (Fsp3) is 0.533. The molecular formula is C15H22ClN3O. The topological polar surface area (TPSA) is 44.4 Å². The third-order valence-electron chi connectivity index (χ3n) is 3.75. The lowest BCUT2D eigenvalue weighted by Gasteiger charge is -2.23. The Balaban J connectivity index is 1.97. The van der Waals surface area contributed by atoms with E-state index in [0.29, 0.717) is 17.6 Å². The number of nitrogens with zero attached hydrogens (tertiary/aromatic N) is 1. The number of rotatable bonds is 4. The summed E-state index contributed by atoms with van der Waals surface area (Å²) in [6.45, 7) is 6.31. The van der Waals surface area contributed by atoms with Crippen molar-refractivity contribution in [1.82, 2.24) is 10.2 Å². The van der Waals surface area contributed by atoms with Gasteiger partial charge in [-0.05, 0) is 51.1 Å². The maximum atomic E-state index is 12.1. The van der Waals surface area contributed by atoms with Crippen molar-refractivity contribution in [1.29, 1.82) is 0 Å². The van der Waals surface area contributed by atoms with E-state index in [2.05, 4.69) is 15.5 Å². The van der Waals surface area contributed by atoms with E-state index in [0.717, 1.165) is 36.3 Å².